The highest BCUT2D eigenvalue weighted by atomic mass is 16.3. The van der Waals surface area contributed by atoms with Crippen LogP contribution < -0.4 is 5.73 Å². The van der Waals surface area contributed by atoms with Gasteiger partial charge in [0.15, 0.2) is 17.1 Å². The zero-order valence-corrected chi connectivity index (χ0v) is 18.0. The zero-order valence-electron chi connectivity index (χ0n) is 18.0. The maximum absolute atomic E-state index is 9.71. The van der Waals surface area contributed by atoms with Crippen molar-refractivity contribution in [3.63, 3.8) is 0 Å². The van der Waals surface area contributed by atoms with E-state index in [9.17, 15) is 5.11 Å². The van der Waals surface area contributed by atoms with Crippen molar-refractivity contribution in [2.24, 2.45) is 0 Å². The third-order valence-electron chi connectivity index (χ3n) is 5.57. The van der Waals surface area contributed by atoms with Gasteiger partial charge in [0.1, 0.15) is 5.75 Å². The van der Waals surface area contributed by atoms with Gasteiger partial charge in [-0.05, 0) is 23.8 Å². The van der Waals surface area contributed by atoms with Crippen LogP contribution in [0.4, 0.5) is 5.95 Å². The lowest BCUT2D eigenvalue weighted by atomic mass is 10.1. The number of anilines is 1. The number of hydrogen-bond donors (Lipinski definition) is 3. The molecular formula is C21H23N9O3. The van der Waals surface area contributed by atoms with Crippen LogP contribution in [0.1, 0.15) is 11.3 Å². The van der Waals surface area contributed by atoms with Crippen LogP contribution in [0.3, 0.4) is 0 Å². The van der Waals surface area contributed by atoms with E-state index in [-0.39, 0.29) is 11.7 Å². The Hall–Kier alpha value is -4.03. The van der Waals surface area contributed by atoms with Crippen molar-refractivity contribution in [2.75, 3.05) is 25.9 Å². The molecule has 0 bridgehead atoms. The van der Waals surface area contributed by atoms with Crippen molar-refractivity contribution >= 4 is 22.6 Å². The molecule has 0 radical (unpaired) electrons. The molecule has 0 amide bonds. The van der Waals surface area contributed by atoms with Crippen molar-refractivity contribution in [1.29, 1.82) is 0 Å². The second-order valence-corrected chi connectivity index (χ2v) is 7.55. The lowest BCUT2D eigenvalue weighted by molar-refractivity contribution is 0.239. The summed E-state index contributed by atoms with van der Waals surface area (Å²) < 4.78 is 8.74. The van der Waals surface area contributed by atoms with Crippen molar-refractivity contribution in [1.82, 2.24) is 39.2 Å². The Bertz CT molecular complexity index is 1410. The van der Waals surface area contributed by atoms with Crippen LogP contribution in [0.5, 0.6) is 5.75 Å². The van der Waals surface area contributed by atoms with E-state index in [2.05, 4.69) is 30.0 Å². The summed E-state index contributed by atoms with van der Waals surface area (Å²) in [7, 11) is 1.00. The number of rotatable bonds is 4. The van der Waals surface area contributed by atoms with E-state index in [4.69, 9.17) is 15.3 Å². The standard InChI is InChI=1S/C20H19N9O2.CH4O/c21-20-25-18-14(19-24-17(26-29(19)20)16-2-1-7-31-16)10-23-28(18)6-5-27-4-3-15-12(11-27)8-13(30)9-22-15;1-2/h1-2,7-10,30H,3-6,11H2,(H2,21,25);2H,1H3. The summed E-state index contributed by atoms with van der Waals surface area (Å²) in [4.78, 5) is 15.7. The molecule has 33 heavy (non-hydrogen) atoms. The fraction of sp³-hybridized carbons (Fsp3) is 0.286. The average molecular weight is 449 g/mol. The minimum absolute atomic E-state index is 0.199. The number of furan rings is 1. The number of aromatic nitrogens is 7. The summed E-state index contributed by atoms with van der Waals surface area (Å²) in [6.45, 7) is 3.07. The molecule has 5 aromatic rings. The quantitative estimate of drug-likeness (QED) is 0.363. The van der Waals surface area contributed by atoms with Crippen LogP contribution in [0.25, 0.3) is 28.3 Å². The van der Waals surface area contributed by atoms with E-state index in [1.807, 2.05) is 4.68 Å². The molecule has 1 aliphatic heterocycles. The lowest BCUT2D eigenvalue weighted by Crippen LogP contribution is -2.33. The third-order valence-corrected chi connectivity index (χ3v) is 5.57. The first-order valence-electron chi connectivity index (χ1n) is 10.4. The molecular weight excluding hydrogens is 426 g/mol. The first-order chi connectivity index (χ1) is 16.2. The van der Waals surface area contributed by atoms with Crippen molar-refractivity contribution in [3.8, 4) is 17.3 Å². The summed E-state index contributed by atoms with van der Waals surface area (Å²) in [5.41, 5.74) is 9.53. The number of pyridine rings is 1. The number of nitrogen functional groups attached to an aromatic ring is 1. The van der Waals surface area contributed by atoms with Crippen LogP contribution in [0.2, 0.25) is 0 Å². The Kier molecular flexibility index (Phi) is 5.36. The molecule has 0 atom stereocenters. The van der Waals surface area contributed by atoms with Gasteiger partial charge in [0, 0.05) is 38.9 Å². The monoisotopic (exact) mass is 449 g/mol. The Morgan fingerprint density at radius 2 is 2.03 bits per heavy atom. The molecule has 5 aromatic heterocycles. The Morgan fingerprint density at radius 1 is 1.15 bits per heavy atom. The fourth-order valence-corrected chi connectivity index (χ4v) is 4.03. The van der Waals surface area contributed by atoms with Crippen LogP contribution >= 0.6 is 0 Å². The lowest BCUT2D eigenvalue weighted by Gasteiger charge is -2.28. The minimum Gasteiger partial charge on any atom is -0.506 e. The van der Waals surface area contributed by atoms with E-state index in [0.29, 0.717) is 29.4 Å². The van der Waals surface area contributed by atoms with Gasteiger partial charge in [-0.25, -0.2) is 9.67 Å². The molecule has 12 nitrogen and oxygen atoms in total. The Labute approximate surface area is 187 Å². The smallest absolute Gasteiger partial charge is 0.225 e. The Morgan fingerprint density at radius 3 is 2.85 bits per heavy atom. The second-order valence-electron chi connectivity index (χ2n) is 7.55. The fourth-order valence-electron chi connectivity index (χ4n) is 4.03. The van der Waals surface area contributed by atoms with Crippen molar-refractivity contribution in [2.45, 2.75) is 19.5 Å². The van der Waals surface area contributed by atoms with Gasteiger partial charge in [-0.1, -0.05) is 0 Å². The minimum atomic E-state index is 0.199. The number of nitrogens with two attached hydrogens (primary N) is 1. The van der Waals surface area contributed by atoms with Crippen molar-refractivity contribution < 1.29 is 14.6 Å². The van der Waals surface area contributed by atoms with E-state index in [0.717, 1.165) is 49.8 Å². The van der Waals surface area contributed by atoms with Gasteiger partial charge < -0.3 is 20.4 Å². The normalized spacial score (nSPS) is 13.8. The number of nitrogens with zero attached hydrogens (tertiary/aromatic N) is 8. The molecule has 1 aliphatic rings. The van der Waals surface area contributed by atoms with Crippen LogP contribution in [-0.4, -0.2) is 69.7 Å². The number of fused-ring (bicyclic) bond motifs is 4. The predicted molar refractivity (Wildman–Crippen MR) is 119 cm³/mol. The highest BCUT2D eigenvalue weighted by molar-refractivity contribution is 5.90. The van der Waals surface area contributed by atoms with Gasteiger partial charge in [-0.2, -0.15) is 14.6 Å². The number of aliphatic hydroxyl groups is 1. The van der Waals surface area contributed by atoms with Gasteiger partial charge in [0.2, 0.25) is 11.8 Å². The molecule has 6 heterocycles. The molecule has 4 N–H and O–H groups in total. The maximum atomic E-state index is 9.71. The molecule has 0 aromatic carbocycles. The van der Waals surface area contributed by atoms with Gasteiger partial charge >= 0.3 is 0 Å². The van der Waals surface area contributed by atoms with Crippen LogP contribution in [-0.2, 0) is 19.5 Å². The number of aliphatic hydroxyl groups excluding tert-OH is 1. The molecule has 0 fully saturated rings. The first-order valence-corrected chi connectivity index (χ1v) is 10.4. The molecule has 6 rings (SSSR count). The number of hydrogen-bond acceptors (Lipinski definition) is 10. The summed E-state index contributed by atoms with van der Waals surface area (Å²) in [6.07, 6.45) is 5.68. The predicted octanol–water partition coefficient (Wildman–Crippen LogP) is 1.08. The van der Waals surface area contributed by atoms with Crippen molar-refractivity contribution in [3.05, 3.63) is 48.1 Å². The largest absolute Gasteiger partial charge is 0.506 e. The van der Waals surface area contributed by atoms with Gasteiger partial charge in [-0.15, -0.1) is 5.10 Å². The van der Waals surface area contributed by atoms with E-state index < -0.39 is 0 Å². The first kappa shape index (κ1) is 20.8. The van der Waals surface area contributed by atoms with Crippen LogP contribution in [0.15, 0.2) is 41.3 Å². The summed E-state index contributed by atoms with van der Waals surface area (Å²) >= 11 is 0. The van der Waals surface area contributed by atoms with E-state index in [1.54, 1.807) is 30.7 Å². The molecule has 0 spiro atoms. The van der Waals surface area contributed by atoms with Gasteiger partial charge in [0.25, 0.3) is 0 Å². The molecule has 0 saturated heterocycles. The van der Waals surface area contributed by atoms with Crippen LogP contribution in [0, 0.1) is 0 Å². The van der Waals surface area contributed by atoms with Gasteiger partial charge in [0.05, 0.1) is 30.6 Å². The Balaban J connectivity index is 0.00000111. The van der Waals surface area contributed by atoms with E-state index in [1.165, 1.54) is 10.7 Å². The van der Waals surface area contributed by atoms with Gasteiger partial charge in [-0.3, -0.25) is 9.88 Å². The average Bonchev–Trinajstić information content (AvgIpc) is 3.58. The topological polar surface area (TPSA) is 157 Å². The summed E-state index contributed by atoms with van der Waals surface area (Å²) in [5, 5.41) is 26.4. The molecule has 0 aliphatic carbocycles. The summed E-state index contributed by atoms with van der Waals surface area (Å²) in [6, 6.07) is 5.37. The molecule has 0 saturated carbocycles. The third kappa shape index (κ3) is 3.75. The SMILES string of the molecule is CO.Nc1nc2c(cnn2CCN2CCc3ncc(O)cc3C2)c2nc(-c3ccco3)nn12. The summed E-state index contributed by atoms with van der Waals surface area (Å²) in [5.74, 6) is 1.45. The maximum Gasteiger partial charge on any atom is 0.225 e. The molecule has 170 valence electrons. The molecule has 0 unspecified atom stereocenters. The van der Waals surface area contributed by atoms with E-state index >= 15 is 0 Å². The highest BCUT2D eigenvalue weighted by Gasteiger charge is 2.20. The molecule has 12 heteroatoms. The number of aromatic hydroxyl groups is 1. The zero-order chi connectivity index (χ0) is 22.9. The second kappa shape index (κ2) is 8.48. The highest BCUT2D eigenvalue weighted by Crippen LogP contribution is 2.24.